The van der Waals surface area contributed by atoms with Gasteiger partial charge in [-0.25, -0.2) is 0 Å². The van der Waals surface area contributed by atoms with Gasteiger partial charge in [-0.05, 0) is 18.8 Å². The van der Waals surface area contributed by atoms with Gasteiger partial charge in [0.2, 0.25) is 11.0 Å². The molecule has 3 N–H and O–H groups in total. The molecule has 1 aliphatic rings. The molecular weight excluding hydrogens is 284 g/mol. The second kappa shape index (κ2) is 7.17. The smallest absolute Gasteiger partial charge is 0.226 e. The Labute approximate surface area is 123 Å². The summed E-state index contributed by atoms with van der Waals surface area (Å²) in [6, 6.07) is 0.177. The monoisotopic (exact) mass is 304 g/mol. The van der Waals surface area contributed by atoms with Gasteiger partial charge in [0.1, 0.15) is 5.01 Å². The summed E-state index contributed by atoms with van der Waals surface area (Å²) in [5.74, 6) is 0.669. The van der Waals surface area contributed by atoms with Crippen molar-refractivity contribution >= 4 is 34.8 Å². The first kappa shape index (κ1) is 16.3. The van der Waals surface area contributed by atoms with Gasteiger partial charge in [-0.2, -0.15) is 0 Å². The molecular formula is C12H21ClN4OS. The zero-order valence-corrected chi connectivity index (χ0v) is 12.9. The molecule has 1 fully saturated rings. The van der Waals surface area contributed by atoms with Crippen molar-refractivity contribution in [2.75, 3.05) is 5.32 Å². The number of amides is 1. The molecule has 0 spiro atoms. The predicted molar refractivity (Wildman–Crippen MR) is 79.8 cm³/mol. The number of hydrogen-bond acceptors (Lipinski definition) is 5. The minimum Gasteiger partial charge on any atom is -0.327 e. The standard InChI is InChI=1S/C12H20N4OS.ClH/c1-7(2)11-15-16-12(18-11)14-10(17)6-8-4-3-5-9(8)13;/h7-9H,3-6,13H2,1-2H3,(H,14,16,17);1H/t8-,9+;/m0./s1. The summed E-state index contributed by atoms with van der Waals surface area (Å²) in [5, 5.41) is 12.4. The van der Waals surface area contributed by atoms with E-state index in [1.165, 1.54) is 11.3 Å². The zero-order chi connectivity index (χ0) is 13.1. The van der Waals surface area contributed by atoms with Gasteiger partial charge in [-0.15, -0.1) is 22.6 Å². The third-order valence-electron chi connectivity index (χ3n) is 3.35. The van der Waals surface area contributed by atoms with Gasteiger partial charge in [-0.1, -0.05) is 31.6 Å². The van der Waals surface area contributed by atoms with Crippen LogP contribution in [0.25, 0.3) is 0 Å². The first-order valence-corrected chi connectivity index (χ1v) is 7.26. The second-order valence-corrected chi connectivity index (χ2v) is 6.22. The van der Waals surface area contributed by atoms with Gasteiger partial charge in [0.05, 0.1) is 0 Å². The van der Waals surface area contributed by atoms with Crippen molar-refractivity contribution in [1.82, 2.24) is 10.2 Å². The number of nitrogens with two attached hydrogens (primary N) is 1. The average molecular weight is 305 g/mol. The average Bonchev–Trinajstić information content (AvgIpc) is 2.89. The van der Waals surface area contributed by atoms with E-state index in [-0.39, 0.29) is 24.4 Å². The van der Waals surface area contributed by atoms with Gasteiger partial charge in [0, 0.05) is 18.4 Å². The third-order valence-corrected chi connectivity index (χ3v) is 4.49. The van der Waals surface area contributed by atoms with Crippen molar-refractivity contribution in [3.8, 4) is 0 Å². The predicted octanol–water partition coefficient (Wildman–Crippen LogP) is 2.54. The molecule has 1 saturated carbocycles. The van der Waals surface area contributed by atoms with Crippen LogP contribution in [0.3, 0.4) is 0 Å². The van der Waals surface area contributed by atoms with Gasteiger partial charge >= 0.3 is 0 Å². The highest BCUT2D eigenvalue weighted by molar-refractivity contribution is 7.15. The molecule has 2 atom stereocenters. The second-order valence-electron chi connectivity index (χ2n) is 5.21. The van der Waals surface area contributed by atoms with Crippen LogP contribution in [0.1, 0.15) is 50.5 Å². The summed E-state index contributed by atoms with van der Waals surface area (Å²) in [6.45, 7) is 4.12. The Hall–Kier alpha value is -0.720. The maximum atomic E-state index is 11.9. The summed E-state index contributed by atoms with van der Waals surface area (Å²) < 4.78 is 0. The molecule has 1 aromatic rings. The maximum absolute atomic E-state index is 11.9. The molecule has 0 unspecified atom stereocenters. The molecule has 0 saturated heterocycles. The van der Waals surface area contributed by atoms with E-state index >= 15 is 0 Å². The Morgan fingerprint density at radius 2 is 2.21 bits per heavy atom. The summed E-state index contributed by atoms with van der Waals surface area (Å²) in [6.07, 6.45) is 3.73. The quantitative estimate of drug-likeness (QED) is 0.895. The van der Waals surface area contributed by atoms with Crippen molar-refractivity contribution in [2.45, 2.75) is 51.5 Å². The number of carbonyl (C=O) groups is 1. The molecule has 7 heteroatoms. The molecule has 0 aliphatic heterocycles. The van der Waals surface area contributed by atoms with E-state index < -0.39 is 0 Å². The lowest BCUT2D eigenvalue weighted by Crippen LogP contribution is -2.28. The highest BCUT2D eigenvalue weighted by atomic mass is 35.5. The Balaban J connectivity index is 0.00000180. The maximum Gasteiger partial charge on any atom is 0.226 e. The fourth-order valence-electron chi connectivity index (χ4n) is 2.25. The van der Waals surface area contributed by atoms with Crippen LogP contribution in [0.5, 0.6) is 0 Å². The summed E-state index contributed by atoms with van der Waals surface area (Å²) >= 11 is 1.44. The molecule has 0 bridgehead atoms. The summed E-state index contributed by atoms with van der Waals surface area (Å²) in [4.78, 5) is 11.9. The van der Waals surface area contributed by atoms with E-state index in [2.05, 4.69) is 29.4 Å². The molecule has 0 radical (unpaired) electrons. The van der Waals surface area contributed by atoms with E-state index in [1.54, 1.807) is 0 Å². The van der Waals surface area contributed by atoms with Crippen molar-refractivity contribution in [1.29, 1.82) is 0 Å². The van der Waals surface area contributed by atoms with Crippen molar-refractivity contribution in [3.05, 3.63) is 5.01 Å². The van der Waals surface area contributed by atoms with Gasteiger partial charge in [0.15, 0.2) is 0 Å². The highest BCUT2D eigenvalue weighted by Gasteiger charge is 2.26. The number of halogens is 1. The van der Waals surface area contributed by atoms with E-state index in [0.717, 1.165) is 24.3 Å². The molecule has 19 heavy (non-hydrogen) atoms. The topological polar surface area (TPSA) is 80.9 Å². The van der Waals surface area contributed by atoms with Gasteiger partial charge < -0.3 is 11.1 Å². The first-order valence-electron chi connectivity index (χ1n) is 6.45. The number of nitrogens with one attached hydrogen (secondary N) is 1. The van der Waals surface area contributed by atoms with Gasteiger partial charge in [-0.3, -0.25) is 4.79 Å². The Kier molecular flexibility index (Phi) is 6.16. The van der Waals surface area contributed by atoms with Crippen molar-refractivity contribution in [3.63, 3.8) is 0 Å². The van der Waals surface area contributed by atoms with Crippen LogP contribution in [0.2, 0.25) is 0 Å². The number of hydrogen-bond donors (Lipinski definition) is 2. The number of aromatic nitrogens is 2. The Morgan fingerprint density at radius 1 is 1.47 bits per heavy atom. The SMILES string of the molecule is CC(C)c1nnc(NC(=O)C[C@@H]2CCC[C@H]2N)s1.Cl. The van der Waals surface area contributed by atoms with Crippen LogP contribution in [0.15, 0.2) is 0 Å². The normalized spacial score (nSPS) is 22.3. The molecule has 5 nitrogen and oxygen atoms in total. The van der Waals surface area contributed by atoms with Crippen LogP contribution >= 0.6 is 23.7 Å². The van der Waals surface area contributed by atoms with E-state index in [0.29, 0.717) is 23.4 Å². The fraction of sp³-hybridized carbons (Fsp3) is 0.750. The molecule has 2 rings (SSSR count). The summed E-state index contributed by atoms with van der Waals surface area (Å²) in [7, 11) is 0. The molecule has 1 heterocycles. The van der Waals surface area contributed by atoms with Crippen LogP contribution in [-0.2, 0) is 4.79 Å². The minimum atomic E-state index is 0. The van der Waals surface area contributed by atoms with E-state index in [9.17, 15) is 4.79 Å². The summed E-state index contributed by atoms with van der Waals surface area (Å²) in [5.41, 5.74) is 5.96. The lowest BCUT2D eigenvalue weighted by atomic mass is 10.00. The first-order chi connectivity index (χ1) is 8.56. The highest BCUT2D eigenvalue weighted by Crippen LogP contribution is 2.28. The van der Waals surface area contributed by atoms with Gasteiger partial charge in [0.25, 0.3) is 0 Å². The van der Waals surface area contributed by atoms with Crippen LogP contribution in [-0.4, -0.2) is 22.1 Å². The van der Waals surface area contributed by atoms with Crippen LogP contribution in [0.4, 0.5) is 5.13 Å². The van der Waals surface area contributed by atoms with Crippen molar-refractivity contribution in [2.24, 2.45) is 11.7 Å². The lowest BCUT2D eigenvalue weighted by molar-refractivity contribution is -0.117. The number of nitrogens with zero attached hydrogens (tertiary/aromatic N) is 2. The molecule has 1 aromatic heterocycles. The molecule has 1 amide bonds. The Morgan fingerprint density at radius 3 is 2.74 bits per heavy atom. The molecule has 0 aromatic carbocycles. The van der Waals surface area contributed by atoms with Crippen molar-refractivity contribution < 1.29 is 4.79 Å². The lowest BCUT2D eigenvalue weighted by Gasteiger charge is -2.13. The molecule has 1 aliphatic carbocycles. The third kappa shape index (κ3) is 4.40. The fourth-order valence-corrected chi connectivity index (χ4v) is 3.01. The molecule has 108 valence electrons. The largest absolute Gasteiger partial charge is 0.327 e. The van der Waals surface area contributed by atoms with E-state index in [1.807, 2.05) is 0 Å². The minimum absolute atomic E-state index is 0. The number of carbonyl (C=O) groups excluding carboxylic acids is 1. The number of anilines is 1. The number of rotatable bonds is 4. The van der Waals surface area contributed by atoms with Crippen LogP contribution in [0, 0.1) is 5.92 Å². The zero-order valence-electron chi connectivity index (χ0n) is 11.3. The Bertz CT molecular complexity index is 424. The van der Waals surface area contributed by atoms with Crippen LogP contribution < -0.4 is 11.1 Å². The van der Waals surface area contributed by atoms with E-state index in [4.69, 9.17) is 5.73 Å².